The number of nitro benzene ring substituents is 5. The van der Waals surface area contributed by atoms with Gasteiger partial charge in [0.2, 0.25) is 0 Å². The Bertz CT molecular complexity index is 4680. The number of halogens is 19. The summed E-state index contributed by atoms with van der Waals surface area (Å²) in [5.41, 5.74) is -15.3. The van der Waals surface area contributed by atoms with Crippen LogP contribution in [0, 0.1) is 71.3 Å². The maximum absolute atomic E-state index is 12.6. The van der Waals surface area contributed by atoms with Gasteiger partial charge < -0.3 is 29.7 Å². The summed E-state index contributed by atoms with van der Waals surface area (Å²) >= 11 is 5.79. The maximum Gasteiger partial charge on any atom is 0.416 e. The Morgan fingerprint density at radius 3 is 1.26 bits per heavy atom. The number of rotatable bonds is 8. The van der Waals surface area contributed by atoms with Gasteiger partial charge in [0.1, 0.15) is 5.50 Å². The number of alkyl halides is 19. The number of methoxy groups -OCH3 is 1. The smallest absolute Gasteiger partial charge is 0.416 e. The lowest BCUT2D eigenvalue weighted by Crippen LogP contribution is -2.17. The normalized spacial score (nSPS) is 12.6. The van der Waals surface area contributed by atoms with Crippen molar-refractivity contribution in [1.82, 2.24) is 10.3 Å². The third-order valence-corrected chi connectivity index (χ3v) is 13.8. The molecule has 0 spiro atoms. The van der Waals surface area contributed by atoms with Gasteiger partial charge in [-0.05, 0) is 93.2 Å². The number of nitrogens with one attached hydrogen (secondary N) is 2. The summed E-state index contributed by atoms with van der Waals surface area (Å²) in [5, 5.41) is 72.1. The Balaban J connectivity index is 0.000000262. The third-order valence-electron chi connectivity index (χ3n) is 13.4. The van der Waals surface area contributed by atoms with Gasteiger partial charge in [-0.3, -0.25) is 55.4 Å². The molecule has 0 radical (unpaired) electrons. The van der Waals surface area contributed by atoms with Crippen LogP contribution in [0.4, 0.5) is 107 Å². The number of carbonyl (C=O) groups is 3. The van der Waals surface area contributed by atoms with Gasteiger partial charge in [-0.15, -0.1) is 0 Å². The zero-order chi connectivity index (χ0) is 78.9. The van der Waals surface area contributed by atoms with E-state index in [4.69, 9.17) is 21.8 Å². The first-order valence-electron chi connectivity index (χ1n) is 26.6. The highest BCUT2D eigenvalue weighted by Crippen LogP contribution is 2.42. The number of fused-ring (bicyclic) bond motifs is 3. The van der Waals surface area contributed by atoms with Crippen LogP contribution in [-0.2, 0) is 41.8 Å². The van der Waals surface area contributed by atoms with Crippen LogP contribution in [0.5, 0.6) is 0 Å². The number of carbonyl (C=O) groups excluding carboxylic acids is 1. The van der Waals surface area contributed by atoms with Crippen molar-refractivity contribution in [3.63, 3.8) is 0 Å². The number of H-pyrrole nitrogens is 1. The molecule has 26 nitrogen and oxygen atoms in total. The lowest BCUT2D eigenvalue weighted by molar-refractivity contribution is -0.385. The largest absolute Gasteiger partial charge is 0.478 e. The Kier molecular flexibility index (Phi) is 25.8. The second-order valence-electron chi connectivity index (χ2n) is 20.0. The fraction of sp³-hybridized carbons (Fsp3) is 0.190. The van der Waals surface area contributed by atoms with Crippen LogP contribution in [0.3, 0.4) is 0 Å². The number of pyridine rings is 1. The van der Waals surface area contributed by atoms with Crippen molar-refractivity contribution in [2.75, 3.05) is 7.11 Å². The standard InChI is InChI=1S/C10H6ClF3N2O2.C10H5F3N2O3.C10H4F3NO4.C10H8F3NO4.C9H6F3NO4.C9H7F3O2/c11-9-7-3-5(10(12,13)14)4-8(16(17)18)6(7)1-2-15-9;11-10(12,13)5-3-7-6(1-2-14-9(7)16)8(4-5)15(17)18;11-10(12,13)5-3-7-6(1-2-18-9(7)15)8(4-5)14(16)17;1-5-7(9(15)18-2)3-6(10(11,12)13)4-8(5)14(16)17;1-4-6(8(14)15)2-5(9(10,11)12)3-7(4)13(16)17;1-5-2-3-6(9(10,11)12)4-7(5)8(13)14/h1-4,9,15H;1-4H,(H,14,16);1-4H;3-4H,1-2H3;2-3H,1H3,(H,14,15);2-4H,1H3,(H,13,14). The highest BCUT2D eigenvalue weighted by Gasteiger charge is 2.40. The molecule has 4 N–H and O–H groups in total. The number of non-ortho nitro benzene ring substituents is 2. The topological polar surface area (TPSA) is 392 Å². The number of carboxylic acid groups (broad SMARTS) is 2. The Labute approximate surface area is 561 Å². The fourth-order valence-corrected chi connectivity index (χ4v) is 8.72. The number of nitrogens with zero attached hydrogens (tertiary/aromatic N) is 5. The molecule has 103 heavy (non-hydrogen) atoms. The van der Waals surface area contributed by atoms with Crippen molar-refractivity contribution in [3.05, 3.63) is 259 Å². The van der Waals surface area contributed by atoms with E-state index < -0.39 is 175 Å². The van der Waals surface area contributed by atoms with Crippen molar-refractivity contribution >= 4 is 85.6 Å². The van der Waals surface area contributed by atoms with Gasteiger partial charge in [0.15, 0.2) is 0 Å². The molecule has 0 amide bonds. The zero-order valence-electron chi connectivity index (χ0n) is 50.8. The molecule has 3 heterocycles. The van der Waals surface area contributed by atoms with E-state index in [-0.39, 0.29) is 44.0 Å². The summed E-state index contributed by atoms with van der Waals surface area (Å²) in [6, 6.07) is 9.81. The minimum Gasteiger partial charge on any atom is -0.478 e. The number of aromatic nitrogens is 1. The number of aromatic amines is 1. The number of ether oxygens (including phenoxy) is 1. The number of aromatic carboxylic acids is 2. The predicted octanol–water partition coefficient (Wildman–Crippen LogP) is 16.6. The van der Waals surface area contributed by atoms with Crippen LogP contribution >= 0.6 is 11.6 Å². The Morgan fingerprint density at radius 2 is 0.845 bits per heavy atom. The molecule has 1 aliphatic rings. The van der Waals surface area contributed by atoms with Crippen LogP contribution in [0.25, 0.3) is 27.6 Å². The molecular weight excluding hydrogens is 1480 g/mol. The van der Waals surface area contributed by atoms with E-state index in [2.05, 4.69) is 19.5 Å². The first kappa shape index (κ1) is 83.1. The molecule has 9 rings (SSSR count). The average molecular weight is 1510 g/mol. The maximum atomic E-state index is 12.6. The van der Waals surface area contributed by atoms with E-state index in [1.807, 2.05) is 0 Å². The van der Waals surface area contributed by atoms with E-state index in [1.54, 1.807) is 0 Å². The predicted molar refractivity (Wildman–Crippen MR) is 316 cm³/mol. The molecular formula is C58H36ClF18N7O19. The van der Waals surface area contributed by atoms with Crippen LogP contribution in [0.15, 0.2) is 124 Å². The van der Waals surface area contributed by atoms with Crippen molar-refractivity contribution < 1.29 is 137 Å². The number of hydrogen-bond donors (Lipinski definition) is 4. The molecule has 8 aromatic rings. The molecule has 550 valence electrons. The molecule has 0 saturated carbocycles. The number of esters is 1. The fourth-order valence-electron chi connectivity index (χ4n) is 8.47. The molecule has 0 aliphatic carbocycles. The minimum atomic E-state index is -4.83. The average Bonchev–Trinajstić information content (AvgIpc) is 0.800. The van der Waals surface area contributed by atoms with E-state index >= 15 is 0 Å². The van der Waals surface area contributed by atoms with Gasteiger partial charge in [0, 0.05) is 53.2 Å². The molecule has 1 atom stereocenters. The number of benzene rings is 6. The molecule has 0 fully saturated rings. The van der Waals surface area contributed by atoms with Gasteiger partial charge in [-0.1, -0.05) is 17.7 Å². The van der Waals surface area contributed by atoms with E-state index in [9.17, 15) is 154 Å². The SMILES string of the molecule is COC(=O)c1cc(C(F)(F)F)cc([N+](=O)[O-])c1C.Cc1c(C(=O)O)cc(C(F)(F)F)cc1[N+](=O)[O-].Cc1ccc(C(F)(F)F)cc1C(=O)O.O=[N+]([O-])c1cc(C(F)(F)F)cc2c1C=CNC2Cl.O=c1[nH]ccc2c([N+](=O)[O-])cc(C(F)(F)F)cc12.O=c1occc2c([N+](=O)[O-])cc(C(F)(F)F)cc12. The van der Waals surface area contributed by atoms with Gasteiger partial charge in [-0.2, -0.15) is 79.0 Å². The summed E-state index contributed by atoms with van der Waals surface area (Å²) < 4.78 is 233. The second-order valence-corrected chi connectivity index (χ2v) is 20.5. The molecule has 0 bridgehead atoms. The van der Waals surface area contributed by atoms with E-state index in [1.165, 1.54) is 32.2 Å². The molecule has 0 saturated heterocycles. The van der Waals surface area contributed by atoms with Crippen LogP contribution in [-0.4, -0.2) is 64.8 Å². The van der Waals surface area contributed by atoms with Crippen LogP contribution in [0.1, 0.15) is 97.8 Å². The van der Waals surface area contributed by atoms with Gasteiger partial charge >= 0.3 is 60.6 Å². The monoisotopic (exact) mass is 1510 g/mol. The summed E-state index contributed by atoms with van der Waals surface area (Å²) in [6.45, 7) is 3.72. The summed E-state index contributed by atoms with van der Waals surface area (Å²) in [4.78, 5) is 106. The van der Waals surface area contributed by atoms with Crippen LogP contribution in [0.2, 0.25) is 0 Å². The first-order chi connectivity index (χ1) is 47.1. The van der Waals surface area contributed by atoms with Crippen molar-refractivity contribution in [2.45, 2.75) is 63.3 Å². The number of nitro groups is 5. The highest BCUT2D eigenvalue weighted by molar-refractivity contribution is 6.21. The number of hydrogen-bond acceptors (Lipinski definition) is 18. The van der Waals surface area contributed by atoms with Gasteiger partial charge in [0.05, 0.1) is 115 Å². The lowest BCUT2D eigenvalue weighted by atomic mass is 9.99. The van der Waals surface area contributed by atoms with Gasteiger partial charge in [-0.25, -0.2) is 19.2 Å². The van der Waals surface area contributed by atoms with Crippen molar-refractivity contribution in [3.8, 4) is 0 Å². The summed E-state index contributed by atoms with van der Waals surface area (Å²) in [7, 11) is 0.980. The van der Waals surface area contributed by atoms with E-state index in [0.717, 1.165) is 50.8 Å². The molecule has 1 aliphatic heterocycles. The Morgan fingerprint density at radius 1 is 0.476 bits per heavy atom. The Hall–Kier alpha value is -12.3. The second kappa shape index (κ2) is 31.9. The summed E-state index contributed by atoms with van der Waals surface area (Å²) in [5.74, 6) is -4.05. The summed E-state index contributed by atoms with van der Waals surface area (Å²) in [6.07, 6.45) is -23.6. The molecule has 45 heteroatoms. The van der Waals surface area contributed by atoms with E-state index in [0.29, 0.717) is 66.2 Å². The third kappa shape index (κ3) is 21.1. The molecule has 2 aromatic heterocycles. The first-order valence-corrected chi connectivity index (χ1v) is 27.1. The van der Waals surface area contributed by atoms with Crippen LogP contribution < -0.4 is 16.5 Å². The molecule has 6 aromatic carbocycles. The van der Waals surface area contributed by atoms with Crippen molar-refractivity contribution in [2.24, 2.45) is 0 Å². The van der Waals surface area contributed by atoms with Gasteiger partial charge in [0.25, 0.3) is 34.0 Å². The molecule has 1 unspecified atom stereocenters. The minimum absolute atomic E-state index is 0.0423. The number of aryl methyl sites for hydroxylation is 1. The van der Waals surface area contributed by atoms with Crippen molar-refractivity contribution in [1.29, 1.82) is 0 Å². The lowest BCUT2D eigenvalue weighted by Gasteiger charge is -2.19. The zero-order valence-corrected chi connectivity index (χ0v) is 51.6. The highest BCUT2D eigenvalue weighted by atomic mass is 35.5. The number of carboxylic acids is 2. The quantitative estimate of drug-likeness (QED) is 0.0274.